The first-order valence-corrected chi connectivity index (χ1v) is 12.2. The number of amides is 3. The summed E-state index contributed by atoms with van der Waals surface area (Å²) in [6.45, 7) is 10.2. The molecule has 2 fully saturated rings. The normalized spacial score (nSPS) is 24.3. The zero-order chi connectivity index (χ0) is 24.3. The van der Waals surface area contributed by atoms with Crippen molar-refractivity contribution >= 4 is 17.7 Å². The van der Waals surface area contributed by atoms with E-state index in [9.17, 15) is 14.4 Å². The minimum atomic E-state index is -0.662. The molecule has 1 unspecified atom stereocenters. The van der Waals surface area contributed by atoms with Gasteiger partial charge < -0.3 is 20.9 Å². The van der Waals surface area contributed by atoms with Crippen LogP contribution in [0.4, 0.5) is 0 Å². The number of benzene rings is 1. The molecule has 7 nitrogen and oxygen atoms in total. The molecule has 0 spiro atoms. The predicted octanol–water partition coefficient (Wildman–Crippen LogP) is 2.21. The Bertz CT molecular complexity index is 854. The molecular formula is C26H40N4O3. The Morgan fingerprint density at radius 2 is 1.70 bits per heavy atom. The first-order chi connectivity index (χ1) is 15.6. The quantitative estimate of drug-likeness (QED) is 0.559. The van der Waals surface area contributed by atoms with Gasteiger partial charge in [-0.15, -0.1) is 0 Å². The molecule has 1 aromatic carbocycles. The number of hydrogen-bond acceptors (Lipinski definition) is 4. The third kappa shape index (κ3) is 5.24. The summed E-state index contributed by atoms with van der Waals surface area (Å²) < 4.78 is 0. The van der Waals surface area contributed by atoms with Crippen LogP contribution in [0.5, 0.6) is 0 Å². The summed E-state index contributed by atoms with van der Waals surface area (Å²) in [5, 5.41) is 9.15. The highest BCUT2D eigenvalue weighted by Crippen LogP contribution is 2.39. The highest BCUT2D eigenvalue weighted by atomic mass is 16.2. The van der Waals surface area contributed by atoms with Gasteiger partial charge in [-0.3, -0.25) is 14.4 Å². The zero-order valence-corrected chi connectivity index (χ0v) is 20.9. The van der Waals surface area contributed by atoms with Crippen LogP contribution in [0.2, 0.25) is 0 Å². The van der Waals surface area contributed by atoms with E-state index < -0.39 is 11.5 Å². The highest BCUT2D eigenvalue weighted by molar-refractivity contribution is 5.90. The third-order valence-corrected chi connectivity index (χ3v) is 7.56. The molecule has 7 heteroatoms. The lowest BCUT2D eigenvalue weighted by Crippen LogP contribution is -2.59. The Balaban J connectivity index is 1.74. The van der Waals surface area contributed by atoms with E-state index in [0.717, 1.165) is 24.8 Å². The largest absolute Gasteiger partial charge is 0.351 e. The lowest BCUT2D eigenvalue weighted by molar-refractivity contribution is -0.139. The van der Waals surface area contributed by atoms with Crippen LogP contribution < -0.4 is 16.0 Å². The van der Waals surface area contributed by atoms with Gasteiger partial charge in [0, 0.05) is 12.6 Å². The van der Waals surface area contributed by atoms with Crippen LogP contribution in [-0.4, -0.2) is 60.4 Å². The molecule has 1 aliphatic heterocycles. The molecule has 3 rings (SSSR count). The molecule has 1 heterocycles. The summed E-state index contributed by atoms with van der Waals surface area (Å²) in [5.41, 5.74) is 0.308. The third-order valence-electron chi connectivity index (χ3n) is 7.56. The molecule has 1 aliphatic carbocycles. The molecular weight excluding hydrogens is 416 g/mol. The second-order valence-corrected chi connectivity index (χ2v) is 10.5. The molecule has 1 aromatic rings. The highest BCUT2D eigenvalue weighted by Gasteiger charge is 2.49. The fourth-order valence-corrected chi connectivity index (χ4v) is 5.16. The van der Waals surface area contributed by atoms with Gasteiger partial charge in [0.05, 0.1) is 17.5 Å². The van der Waals surface area contributed by atoms with Crippen molar-refractivity contribution in [2.24, 2.45) is 11.8 Å². The molecule has 182 valence electrons. The number of fused-ring (bicyclic) bond motifs is 1. The summed E-state index contributed by atoms with van der Waals surface area (Å²) in [4.78, 5) is 41.3. The SMILES string of the molecule is CN[C@@H](C)C(=O)N[C@H](C(=O)N1CC[C@H]2CCC(NC(=O)C(C)(C)c3ccccc3)[C@H]21)C(C)C. The molecule has 3 amide bonds. The Labute approximate surface area is 198 Å². The predicted molar refractivity (Wildman–Crippen MR) is 130 cm³/mol. The van der Waals surface area contributed by atoms with Gasteiger partial charge in [0.25, 0.3) is 0 Å². The maximum Gasteiger partial charge on any atom is 0.245 e. The van der Waals surface area contributed by atoms with Crippen molar-refractivity contribution in [3.63, 3.8) is 0 Å². The van der Waals surface area contributed by atoms with Crippen molar-refractivity contribution in [2.45, 2.75) is 83.5 Å². The Hall–Kier alpha value is -2.41. The Morgan fingerprint density at radius 3 is 2.30 bits per heavy atom. The summed E-state index contributed by atoms with van der Waals surface area (Å²) in [7, 11) is 1.73. The van der Waals surface area contributed by atoms with Crippen molar-refractivity contribution in [2.75, 3.05) is 13.6 Å². The Morgan fingerprint density at radius 1 is 1.03 bits per heavy atom. The van der Waals surface area contributed by atoms with Crippen molar-refractivity contribution < 1.29 is 14.4 Å². The van der Waals surface area contributed by atoms with Crippen molar-refractivity contribution in [3.8, 4) is 0 Å². The molecule has 2 aliphatic rings. The van der Waals surface area contributed by atoms with Gasteiger partial charge in [0.2, 0.25) is 17.7 Å². The fraction of sp³-hybridized carbons (Fsp3) is 0.654. The fourth-order valence-electron chi connectivity index (χ4n) is 5.16. The summed E-state index contributed by atoms with van der Waals surface area (Å²) in [6.07, 6.45) is 2.81. The number of rotatable bonds is 8. The molecule has 0 bridgehead atoms. The van der Waals surface area contributed by atoms with Gasteiger partial charge in [-0.25, -0.2) is 0 Å². The number of nitrogens with zero attached hydrogens (tertiary/aromatic N) is 1. The van der Waals surface area contributed by atoms with Crippen LogP contribution in [0.15, 0.2) is 30.3 Å². The molecule has 5 atom stereocenters. The minimum Gasteiger partial charge on any atom is -0.351 e. The van der Waals surface area contributed by atoms with Crippen LogP contribution in [0.1, 0.15) is 59.4 Å². The van der Waals surface area contributed by atoms with Crippen LogP contribution in [0.3, 0.4) is 0 Å². The van der Waals surface area contributed by atoms with Crippen LogP contribution in [0.25, 0.3) is 0 Å². The summed E-state index contributed by atoms with van der Waals surface area (Å²) in [5.74, 6) is 0.115. The van der Waals surface area contributed by atoms with Gasteiger partial charge in [-0.05, 0) is 64.5 Å². The van der Waals surface area contributed by atoms with Crippen molar-refractivity contribution in [1.82, 2.24) is 20.9 Å². The number of carbonyl (C=O) groups excluding carboxylic acids is 3. The number of carbonyl (C=O) groups is 3. The number of likely N-dealkylation sites (tertiary alicyclic amines) is 1. The summed E-state index contributed by atoms with van der Waals surface area (Å²) >= 11 is 0. The molecule has 1 saturated heterocycles. The zero-order valence-electron chi connectivity index (χ0n) is 20.9. The molecule has 1 saturated carbocycles. The number of nitrogens with one attached hydrogen (secondary N) is 3. The van der Waals surface area contributed by atoms with Crippen molar-refractivity contribution in [3.05, 3.63) is 35.9 Å². The van der Waals surface area contributed by atoms with E-state index in [1.165, 1.54) is 0 Å². The van der Waals surface area contributed by atoms with Gasteiger partial charge >= 0.3 is 0 Å². The van der Waals surface area contributed by atoms with E-state index in [1.54, 1.807) is 14.0 Å². The number of likely N-dealkylation sites (N-methyl/N-ethyl adjacent to an activating group) is 1. The van der Waals surface area contributed by atoms with Crippen LogP contribution >= 0.6 is 0 Å². The van der Waals surface area contributed by atoms with E-state index in [0.29, 0.717) is 12.5 Å². The standard InChI is InChI=1S/C26H40N4O3/c1-16(2)21(29-23(31)17(3)27-6)24(32)30-15-14-18-12-13-20(22(18)30)28-25(33)26(4,5)19-10-8-7-9-11-19/h7-11,16-18,20-22,27H,12-15H2,1-6H3,(H,28,33)(H,29,31)/t17-,18+,20?,21-,22-/m0/s1. The molecule has 0 aromatic heterocycles. The van der Waals surface area contributed by atoms with Gasteiger partial charge in [0.15, 0.2) is 0 Å². The maximum atomic E-state index is 13.6. The first kappa shape index (κ1) is 25.2. The smallest absolute Gasteiger partial charge is 0.245 e. The van der Waals surface area contributed by atoms with E-state index in [-0.39, 0.29) is 41.8 Å². The monoisotopic (exact) mass is 456 g/mol. The Kier molecular flexibility index (Phi) is 7.83. The van der Waals surface area contributed by atoms with Crippen molar-refractivity contribution in [1.29, 1.82) is 0 Å². The van der Waals surface area contributed by atoms with E-state index >= 15 is 0 Å². The van der Waals surface area contributed by atoms with Gasteiger partial charge in [-0.2, -0.15) is 0 Å². The first-order valence-electron chi connectivity index (χ1n) is 12.2. The minimum absolute atomic E-state index is 0.0183. The lowest BCUT2D eigenvalue weighted by atomic mass is 9.83. The van der Waals surface area contributed by atoms with Crippen LogP contribution in [0, 0.1) is 11.8 Å². The van der Waals surface area contributed by atoms with E-state index in [2.05, 4.69) is 16.0 Å². The number of hydrogen-bond donors (Lipinski definition) is 3. The average Bonchev–Trinajstić information content (AvgIpc) is 3.39. The second-order valence-electron chi connectivity index (χ2n) is 10.5. The summed E-state index contributed by atoms with van der Waals surface area (Å²) in [6, 6.07) is 8.75. The molecule has 3 N–H and O–H groups in total. The lowest BCUT2D eigenvalue weighted by Gasteiger charge is -2.35. The maximum absolute atomic E-state index is 13.6. The van der Waals surface area contributed by atoms with Crippen LogP contribution in [-0.2, 0) is 19.8 Å². The van der Waals surface area contributed by atoms with E-state index in [4.69, 9.17) is 0 Å². The van der Waals surface area contributed by atoms with E-state index in [1.807, 2.05) is 62.9 Å². The topological polar surface area (TPSA) is 90.5 Å². The second kappa shape index (κ2) is 10.2. The average molecular weight is 457 g/mol. The van der Waals surface area contributed by atoms with Gasteiger partial charge in [0.1, 0.15) is 6.04 Å². The van der Waals surface area contributed by atoms with Gasteiger partial charge in [-0.1, -0.05) is 44.2 Å². The molecule has 0 radical (unpaired) electrons. The molecule has 33 heavy (non-hydrogen) atoms.